The predicted octanol–water partition coefficient (Wildman–Crippen LogP) is 1.20. The third kappa shape index (κ3) is 3.32. The highest BCUT2D eigenvalue weighted by Gasteiger charge is 2.15. The molecule has 87 valence electrons. The number of rotatable bonds is 4. The Labute approximate surface area is 93.8 Å². The van der Waals surface area contributed by atoms with E-state index in [9.17, 15) is 13.2 Å². The second kappa shape index (κ2) is 5.09. The fourth-order valence-electron chi connectivity index (χ4n) is 1.11. The molecule has 0 atom stereocenters. The van der Waals surface area contributed by atoms with Crippen LogP contribution < -0.4 is 0 Å². The van der Waals surface area contributed by atoms with Crippen LogP contribution in [0.15, 0.2) is 29.2 Å². The van der Waals surface area contributed by atoms with Gasteiger partial charge in [-0.2, -0.15) is 8.42 Å². The van der Waals surface area contributed by atoms with Gasteiger partial charge in [-0.05, 0) is 13.0 Å². The second-order valence-corrected chi connectivity index (χ2v) is 4.38. The first kappa shape index (κ1) is 12.7. The Balaban J connectivity index is 2.93. The van der Waals surface area contributed by atoms with E-state index in [1.807, 2.05) is 0 Å². The molecule has 0 spiro atoms. The lowest BCUT2D eigenvalue weighted by atomic mass is 10.2. The minimum Gasteiger partial charge on any atom is -0.461 e. The molecule has 0 aliphatic carbocycles. The standard InChI is InChI=1S/C10H11O5S/c1-2-10(11)15-7-8-5-3-4-6-9(8)16(12,13)14/h3-6H,1-2,7H2,(H,12,13,14). The van der Waals surface area contributed by atoms with Crippen molar-refractivity contribution in [2.45, 2.75) is 17.9 Å². The molecule has 0 aliphatic rings. The molecule has 1 aromatic rings. The van der Waals surface area contributed by atoms with Crippen LogP contribution in [0.4, 0.5) is 0 Å². The van der Waals surface area contributed by atoms with Gasteiger partial charge in [-0.15, -0.1) is 0 Å². The highest BCUT2D eigenvalue weighted by atomic mass is 32.2. The van der Waals surface area contributed by atoms with E-state index in [1.54, 1.807) is 6.07 Å². The Morgan fingerprint density at radius 2 is 2.00 bits per heavy atom. The molecule has 5 nitrogen and oxygen atoms in total. The molecular weight excluding hydrogens is 232 g/mol. The van der Waals surface area contributed by atoms with Crippen molar-refractivity contribution in [3.05, 3.63) is 36.8 Å². The number of hydrogen-bond donors (Lipinski definition) is 1. The molecule has 1 rings (SSSR count). The van der Waals surface area contributed by atoms with Gasteiger partial charge in [0.1, 0.15) is 11.5 Å². The van der Waals surface area contributed by atoms with Crippen LogP contribution in [0.5, 0.6) is 0 Å². The number of carbonyl (C=O) groups excluding carboxylic acids is 1. The summed E-state index contributed by atoms with van der Waals surface area (Å²) in [7, 11) is -4.30. The Bertz CT molecular complexity index is 478. The second-order valence-electron chi connectivity index (χ2n) is 2.99. The highest BCUT2D eigenvalue weighted by molar-refractivity contribution is 7.85. The van der Waals surface area contributed by atoms with Crippen molar-refractivity contribution < 1.29 is 22.5 Å². The van der Waals surface area contributed by atoms with Crippen molar-refractivity contribution in [3.63, 3.8) is 0 Å². The topological polar surface area (TPSA) is 80.7 Å². The summed E-state index contributed by atoms with van der Waals surface area (Å²) < 4.78 is 35.6. The maximum absolute atomic E-state index is 11.0. The van der Waals surface area contributed by atoms with Gasteiger partial charge in [0, 0.05) is 12.0 Å². The van der Waals surface area contributed by atoms with Crippen molar-refractivity contribution in [3.8, 4) is 0 Å². The van der Waals surface area contributed by atoms with Crippen LogP contribution in [0.1, 0.15) is 12.0 Å². The number of hydrogen-bond acceptors (Lipinski definition) is 4. The molecule has 16 heavy (non-hydrogen) atoms. The van der Waals surface area contributed by atoms with E-state index in [1.165, 1.54) is 18.2 Å². The molecule has 0 aliphatic heterocycles. The fourth-order valence-corrected chi connectivity index (χ4v) is 1.81. The van der Waals surface area contributed by atoms with Crippen LogP contribution in [-0.4, -0.2) is 18.9 Å². The summed E-state index contributed by atoms with van der Waals surface area (Å²) >= 11 is 0. The molecule has 0 fully saturated rings. The summed E-state index contributed by atoms with van der Waals surface area (Å²) in [5.41, 5.74) is 0.229. The predicted molar refractivity (Wildman–Crippen MR) is 56.0 cm³/mol. The average Bonchev–Trinajstić information content (AvgIpc) is 2.25. The van der Waals surface area contributed by atoms with E-state index in [4.69, 9.17) is 9.29 Å². The lowest BCUT2D eigenvalue weighted by Gasteiger charge is -2.07. The lowest BCUT2D eigenvalue weighted by molar-refractivity contribution is -0.144. The zero-order chi connectivity index (χ0) is 12.2. The Morgan fingerprint density at radius 1 is 1.38 bits per heavy atom. The van der Waals surface area contributed by atoms with Crippen molar-refractivity contribution in [2.75, 3.05) is 0 Å². The molecule has 1 radical (unpaired) electrons. The van der Waals surface area contributed by atoms with Gasteiger partial charge in [-0.25, -0.2) is 0 Å². The van der Waals surface area contributed by atoms with E-state index in [2.05, 4.69) is 6.92 Å². The average molecular weight is 243 g/mol. The van der Waals surface area contributed by atoms with Gasteiger partial charge < -0.3 is 4.74 Å². The molecule has 6 heteroatoms. The van der Waals surface area contributed by atoms with Crippen molar-refractivity contribution in [1.82, 2.24) is 0 Å². The number of ether oxygens (including phenoxy) is 1. The summed E-state index contributed by atoms with van der Waals surface area (Å²) in [5, 5.41) is 0. The van der Waals surface area contributed by atoms with Gasteiger partial charge in [-0.1, -0.05) is 18.2 Å². The van der Waals surface area contributed by atoms with Gasteiger partial charge in [0.2, 0.25) is 0 Å². The third-order valence-electron chi connectivity index (χ3n) is 1.84. The fraction of sp³-hybridized carbons (Fsp3) is 0.200. The molecule has 0 heterocycles. The quantitative estimate of drug-likeness (QED) is 0.634. The summed E-state index contributed by atoms with van der Waals surface area (Å²) in [4.78, 5) is 10.6. The van der Waals surface area contributed by atoms with E-state index in [-0.39, 0.29) is 23.5 Å². The summed E-state index contributed by atoms with van der Waals surface area (Å²) in [6.45, 7) is 3.12. The van der Waals surface area contributed by atoms with E-state index < -0.39 is 16.1 Å². The molecule has 0 saturated heterocycles. The van der Waals surface area contributed by atoms with Crippen LogP contribution in [0, 0.1) is 6.92 Å². The number of esters is 1. The lowest BCUT2D eigenvalue weighted by Crippen LogP contribution is -2.07. The normalized spacial score (nSPS) is 11.1. The molecule has 1 N–H and O–H groups in total. The maximum atomic E-state index is 11.0. The monoisotopic (exact) mass is 243 g/mol. The summed E-state index contributed by atoms with van der Waals surface area (Å²) in [5.74, 6) is -0.537. The molecule has 0 amide bonds. The molecule has 0 aromatic heterocycles. The smallest absolute Gasteiger partial charge is 0.306 e. The molecule has 0 unspecified atom stereocenters. The van der Waals surface area contributed by atoms with Gasteiger partial charge in [0.25, 0.3) is 10.1 Å². The molecule has 0 saturated carbocycles. The minimum atomic E-state index is -4.30. The van der Waals surface area contributed by atoms with E-state index in [0.29, 0.717) is 0 Å². The zero-order valence-electron chi connectivity index (χ0n) is 8.42. The van der Waals surface area contributed by atoms with Gasteiger partial charge in [0.05, 0.1) is 0 Å². The first-order chi connectivity index (χ1) is 7.45. The SMILES string of the molecule is [CH2]CC(=O)OCc1ccccc1S(=O)(=O)O. The van der Waals surface area contributed by atoms with Crippen LogP contribution in [0.25, 0.3) is 0 Å². The Kier molecular flexibility index (Phi) is 4.03. The Morgan fingerprint density at radius 3 is 2.56 bits per heavy atom. The van der Waals surface area contributed by atoms with Gasteiger partial charge >= 0.3 is 5.97 Å². The Hall–Kier alpha value is -1.40. The summed E-state index contributed by atoms with van der Waals surface area (Å²) in [6, 6.07) is 5.75. The number of carbonyl (C=O) groups is 1. The summed E-state index contributed by atoms with van der Waals surface area (Å²) in [6.07, 6.45) is -0.0337. The largest absolute Gasteiger partial charge is 0.461 e. The maximum Gasteiger partial charge on any atom is 0.306 e. The van der Waals surface area contributed by atoms with Crippen LogP contribution in [0.2, 0.25) is 0 Å². The number of benzene rings is 1. The van der Waals surface area contributed by atoms with Crippen molar-refractivity contribution >= 4 is 16.1 Å². The van der Waals surface area contributed by atoms with E-state index in [0.717, 1.165) is 0 Å². The zero-order valence-corrected chi connectivity index (χ0v) is 9.24. The third-order valence-corrected chi connectivity index (χ3v) is 2.80. The van der Waals surface area contributed by atoms with Gasteiger partial charge in [0.15, 0.2) is 0 Å². The van der Waals surface area contributed by atoms with Crippen LogP contribution in [0.3, 0.4) is 0 Å². The minimum absolute atomic E-state index is 0.0337. The molecular formula is C10H11O5S. The molecule has 0 bridgehead atoms. The van der Waals surface area contributed by atoms with Crippen molar-refractivity contribution in [2.24, 2.45) is 0 Å². The van der Waals surface area contributed by atoms with Gasteiger partial charge in [-0.3, -0.25) is 9.35 Å². The van der Waals surface area contributed by atoms with Crippen LogP contribution >= 0.6 is 0 Å². The highest BCUT2D eigenvalue weighted by Crippen LogP contribution is 2.15. The van der Waals surface area contributed by atoms with Crippen LogP contribution in [-0.2, 0) is 26.3 Å². The molecule has 1 aromatic carbocycles. The first-order valence-corrected chi connectivity index (χ1v) is 5.89. The van der Waals surface area contributed by atoms with E-state index >= 15 is 0 Å². The first-order valence-electron chi connectivity index (χ1n) is 4.45. The van der Waals surface area contributed by atoms with Crippen molar-refractivity contribution in [1.29, 1.82) is 0 Å².